The van der Waals surface area contributed by atoms with E-state index in [1.807, 2.05) is 11.8 Å². The Bertz CT molecular complexity index is 158. The van der Waals surface area contributed by atoms with E-state index in [9.17, 15) is 0 Å². The molecule has 76 valence electrons. The Kier molecular flexibility index (Phi) is 8.32. The molecule has 0 aromatic heterocycles. The Balaban J connectivity index is 3.56. The summed E-state index contributed by atoms with van der Waals surface area (Å²) in [5.74, 6) is 2.37. The normalized spacial score (nSPS) is 13.5. The first kappa shape index (κ1) is 12.8. The summed E-state index contributed by atoms with van der Waals surface area (Å²) >= 11 is 2.01. The topological polar surface area (TPSA) is 0 Å². The van der Waals surface area contributed by atoms with E-state index in [1.165, 1.54) is 22.7 Å². The molecular weight excluding hydrogens is 176 g/mol. The summed E-state index contributed by atoms with van der Waals surface area (Å²) in [7, 11) is 0. The molecule has 0 nitrogen and oxygen atoms in total. The fourth-order valence-electron chi connectivity index (χ4n) is 1.19. The van der Waals surface area contributed by atoms with Crippen molar-refractivity contribution in [1.82, 2.24) is 0 Å². The molecule has 0 saturated carbocycles. The van der Waals surface area contributed by atoms with Crippen LogP contribution in [-0.2, 0) is 0 Å². The largest absolute Gasteiger partial charge is 0.153 e. The van der Waals surface area contributed by atoms with Crippen molar-refractivity contribution in [3.05, 3.63) is 23.3 Å². The van der Waals surface area contributed by atoms with Crippen LogP contribution in [0.25, 0.3) is 0 Å². The third-order valence-electron chi connectivity index (χ3n) is 1.76. The van der Waals surface area contributed by atoms with Crippen molar-refractivity contribution < 1.29 is 0 Å². The smallest absolute Gasteiger partial charge is 0.0143 e. The first-order chi connectivity index (χ1) is 6.20. The van der Waals surface area contributed by atoms with Crippen molar-refractivity contribution in [3.63, 3.8) is 0 Å². The lowest BCUT2D eigenvalue weighted by Gasteiger charge is -2.02. The molecule has 0 radical (unpaired) electrons. The van der Waals surface area contributed by atoms with Crippen molar-refractivity contribution in [2.24, 2.45) is 0 Å². The standard InChI is InChI=1S/C12H22S/c1-5-7-11(3)9-13-10-12(4)8-6-2/h7-8H,5-6,9-10H2,1-4H3. The molecule has 1 heteroatoms. The Morgan fingerprint density at radius 3 is 1.62 bits per heavy atom. The molecule has 0 aromatic rings. The van der Waals surface area contributed by atoms with E-state index < -0.39 is 0 Å². The van der Waals surface area contributed by atoms with Gasteiger partial charge in [0.15, 0.2) is 0 Å². The second-order valence-electron chi connectivity index (χ2n) is 3.41. The third kappa shape index (κ3) is 8.17. The molecule has 0 fully saturated rings. The SMILES string of the molecule is CCC=C(C)CSCC(C)=CCC. The fraction of sp³-hybridized carbons (Fsp3) is 0.667. The van der Waals surface area contributed by atoms with Gasteiger partial charge in [-0.2, -0.15) is 11.8 Å². The minimum absolute atomic E-state index is 1.16. The number of rotatable bonds is 6. The van der Waals surface area contributed by atoms with Gasteiger partial charge in [0.05, 0.1) is 0 Å². The van der Waals surface area contributed by atoms with E-state index in [2.05, 4.69) is 39.8 Å². The molecule has 0 heterocycles. The summed E-state index contributed by atoms with van der Waals surface area (Å²) in [5, 5.41) is 0. The fourth-order valence-corrected chi connectivity index (χ4v) is 2.17. The molecule has 0 aliphatic rings. The van der Waals surface area contributed by atoms with Gasteiger partial charge in [0.2, 0.25) is 0 Å². The van der Waals surface area contributed by atoms with E-state index in [-0.39, 0.29) is 0 Å². The number of thioether (sulfide) groups is 1. The molecule has 0 atom stereocenters. The molecule has 0 bridgehead atoms. The van der Waals surface area contributed by atoms with E-state index >= 15 is 0 Å². The molecule has 0 amide bonds. The molecule has 0 aliphatic carbocycles. The zero-order chi connectivity index (χ0) is 10.1. The van der Waals surface area contributed by atoms with Crippen LogP contribution in [0.4, 0.5) is 0 Å². The average molecular weight is 198 g/mol. The quantitative estimate of drug-likeness (QED) is 0.569. The van der Waals surface area contributed by atoms with Crippen LogP contribution < -0.4 is 0 Å². The summed E-state index contributed by atoms with van der Waals surface area (Å²) in [6.45, 7) is 8.82. The van der Waals surface area contributed by atoms with Gasteiger partial charge < -0.3 is 0 Å². The molecule has 0 saturated heterocycles. The lowest BCUT2D eigenvalue weighted by atomic mass is 10.3. The highest BCUT2D eigenvalue weighted by atomic mass is 32.2. The molecule has 0 rings (SSSR count). The van der Waals surface area contributed by atoms with Gasteiger partial charge >= 0.3 is 0 Å². The van der Waals surface area contributed by atoms with Crippen LogP contribution >= 0.6 is 11.8 Å². The maximum atomic E-state index is 2.31. The van der Waals surface area contributed by atoms with Crippen LogP contribution in [0.3, 0.4) is 0 Å². The number of hydrogen-bond donors (Lipinski definition) is 0. The van der Waals surface area contributed by atoms with E-state index in [0.717, 1.165) is 12.8 Å². The molecule has 0 aliphatic heterocycles. The average Bonchev–Trinajstić information content (AvgIpc) is 2.05. The number of hydrogen-bond acceptors (Lipinski definition) is 1. The molecule has 0 N–H and O–H groups in total. The summed E-state index contributed by atoms with van der Waals surface area (Å²) in [6.07, 6.45) is 6.95. The van der Waals surface area contributed by atoms with Crippen molar-refractivity contribution in [2.75, 3.05) is 11.5 Å². The van der Waals surface area contributed by atoms with Crippen molar-refractivity contribution >= 4 is 11.8 Å². The minimum Gasteiger partial charge on any atom is -0.153 e. The van der Waals surface area contributed by atoms with Gasteiger partial charge in [-0.05, 0) is 26.7 Å². The maximum Gasteiger partial charge on any atom is 0.0143 e. The first-order valence-corrected chi connectivity index (χ1v) is 6.25. The van der Waals surface area contributed by atoms with Gasteiger partial charge in [-0.15, -0.1) is 0 Å². The molecular formula is C12H22S. The van der Waals surface area contributed by atoms with Crippen LogP contribution in [0, 0.1) is 0 Å². The molecule has 0 unspecified atom stereocenters. The summed E-state index contributed by atoms with van der Waals surface area (Å²) in [5.41, 5.74) is 3.02. The highest BCUT2D eigenvalue weighted by Gasteiger charge is 1.92. The zero-order valence-electron chi connectivity index (χ0n) is 9.39. The van der Waals surface area contributed by atoms with Crippen LogP contribution in [0.2, 0.25) is 0 Å². The van der Waals surface area contributed by atoms with Crippen molar-refractivity contribution in [2.45, 2.75) is 40.5 Å². The lowest BCUT2D eigenvalue weighted by molar-refractivity contribution is 1.17. The summed E-state index contributed by atoms with van der Waals surface area (Å²) in [4.78, 5) is 0. The summed E-state index contributed by atoms with van der Waals surface area (Å²) < 4.78 is 0. The summed E-state index contributed by atoms with van der Waals surface area (Å²) in [6, 6.07) is 0. The van der Waals surface area contributed by atoms with Gasteiger partial charge in [-0.3, -0.25) is 0 Å². The van der Waals surface area contributed by atoms with Crippen molar-refractivity contribution in [1.29, 1.82) is 0 Å². The minimum atomic E-state index is 1.16. The predicted molar refractivity (Wildman–Crippen MR) is 65.4 cm³/mol. The predicted octanol–water partition coefficient (Wildman–Crippen LogP) is 4.43. The van der Waals surface area contributed by atoms with Gasteiger partial charge in [0.1, 0.15) is 0 Å². The lowest BCUT2D eigenvalue weighted by Crippen LogP contribution is -1.86. The zero-order valence-corrected chi connectivity index (χ0v) is 10.2. The van der Waals surface area contributed by atoms with Gasteiger partial charge in [0, 0.05) is 11.5 Å². The Morgan fingerprint density at radius 2 is 1.31 bits per heavy atom. The van der Waals surface area contributed by atoms with Crippen LogP contribution in [0.1, 0.15) is 40.5 Å². The van der Waals surface area contributed by atoms with E-state index in [4.69, 9.17) is 0 Å². The molecule has 13 heavy (non-hydrogen) atoms. The maximum absolute atomic E-state index is 2.31. The first-order valence-electron chi connectivity index (χ1n) is 5.09. The number of allylic oxidation sites excluding steroid dienone is 2. The van der Waals surface area contributed by atoms with Crippen LogP contribution in [0.15, 0.2) is 23.3 Å². The van der Waals surface area contributed by atoms with E-state index in [1.54, 1.807) is 0 Å². The Morgan fingerprint density at radius 1 is 0.923 bits per heavy atom. The highest BCUT2D eigenvalue weighted by Crippen LogP contribution is 2.12. The third-order valence-corrected chi connectivity index (χ3v) is 3.08. The van der Waals surface area contributed by atoms with Crippen LogP contribution in [-0.4, -0.2) is 11.5 Å². The second kappa shape index (κ2) is 8.43. The Hall–Kier alpha value is -0.170. The van der Waals surface area contributed by atoms with Crippen molar-refractivity contribution in [3.8, 4) is 0 Å². The highest BCUT2D eigenvalue weighted by molar-refractivity contribution is 7.99. The van der Waals surface area contributed by atoms with Crippen LogP contribution in [0.5, 0.6) is 0 Å². The van der Waals surface area contributed by atoms with Gasteiger partial charge in [0.25, 0.3) is 0 Å². The Labute approximate surface area is 87.5 Å². The van der Waals surface area contributed by atoms with Gasteiger partial charge in [-0.25, -0.2) is 0 Å². The van der Waals surface area contributed by atoms with Gasteiger partial charge in [-0.1, -0.05) is 37.1 Å². The molecule has 0 aromatic carbocycles. The van der Waals surface area contributed by atoms with E-state index in [0.29, 0.717) is 0 Å². The molecule has 0 spiro atoms. The second-order valence-corrected chi connectivity index (χ2v) is 4.40. The monoisotopic (exact) mass is 198 g/mol.